The van der Waals surface area contributed by atoms with Crippen molar-refractivity contribution in [1.82, 2.24) is 4.90 Å². The van der Waals surface area contributed by atoms with Crippen LogP contribution in [0.1, 0.15) is 51.5 Å². The molecule has 9 heteroatoms. The van der Waals surface area contributed by atoms with Crippen molar-refractivity contribution in [3.05, 3.63) is 54.1 Å². The number of rotatable bonds is 13. The summed E-state index contributed by atoms with van der Waals surface area (Å²) in [6.45, 7) is 13.9. The second kappa shape index (κ2) is 12.0. The van der Waals surface area contributed by atoms with Gasteiger partial charge in [-0.25, -0.2) is 0 Å². The number of aliphatic hydroxyl groups excluding tert-OH is 1. The van der Waals surface area contributed by atoms with Crippen LogP contribution >= 0.6 is 11.6 Å². The van der Waals surface area contributed by atoms with E-state index in [2.05, 4.69) is 13.2 Å². The van der Waals surface area contributed by atoms with Crippen molar-refractivity contribution >= 4 is 35.1 Å². The maximum absolute atomic E-state index is 14.7. The van der Waals surface area contributed by atoms with Crippen LogP contribution in [0.15, 0.2) is 43.5 Å². The number of halogens is 1. The third kappa shape index (κ3) is 4.88. The van der Waals surface area contributed by atoms with Crippen LogP contribution < -0.4 is 4.90 Å². The number of carbonyl (C=O) groups is 3. The number of unbranched alkanes of at least 4 members (excludes halogenated alkanes) is 2. The Balaban J connectivity index is 1.78. The Bertz CT molecular complexity index is 1150. The van der Waals surface area contributed by atoms with Crippen LogP contribution in [0, 0.1) is 24.7 Å². The maximum Gasteiger partial charge on any atom is 0.312 e. The SMILES string of the molecule is C=CCCCOC(=O)[C@H]1[C@H]2C(=O)N(CCCCO)C(C(=O)N(CC=C)c3c(C)cccc3Cl)C23CC(C)[C@]1(C)O3. The molecule has 3 saturated heterocycles. The monoisotopic (exact) mass is 572 g/mol. The summed E-state index contributed by atoms with van der Waals surface area (Å²) in [6.07, 6.45) is 6.19. The first-order valence-corrected chi connectivity index (χ1v) is 14.5. The molecule has 3 aliphatic heterocycles. The minimum absolute atomic E-state index is 0.0259. The normalized spacial score (nSPS) is 30.3. The first kappa shape index (κ1) is 30.3. The van der Waals surface area contributed by atoms with Gasteiger partial charge in [-0.1, -0.05) is 42.8 Å². The molecule has 3 aliphatic rings. The number of aryl methyl sites for hydroxylation is 1. The van der Waals surface area contributed by atoms with Crippen LogP contribution in [0.2, 0.25) is 5.02 Å². The molecule has 0 radical (unpaired) electrons. The van der Waals surface area contributed by atoms with Gasteiger partial charge in [0.15, 0.2) is 0 Å². The van der Waals surface area contributed by atoms with Crippen LogP contribution in [-0.2, 0) is 23.9 Å². The lowest BCUT2D eigenvalue weighted by atomic mass is 9.62. The van der Waals surface area contributed by atoms with Crippen molar-refractivity contribution in [2.45, 2.75) is 70.1 Å². The minimum atomic E-state index is -1.19. The number of esters is 1. The van der Waals surface area contributed by atoms with E-state index in [9.17, 15) is 19.5 Å². The smallest absolute Gasteiger partial charge is 0.312 e. The number of benzene rings is 1. The Hall–Kier alpha value is -2.68. The van der Waals surface area contributed by atoms with Crippen LogP contribution in [0.5, 0.6) is 0 Å². The van der Waals surface area contributed by atoms with Gasteiger partial charge in [0.25, 0.3) is 5.91 Å². The fraction of sp³-hybridized carbons (Fsp3) is 0.581. The molecule has 0 aromatic heterocycles. The van der Waals surface area contributed by atoms with Crippen molar-refractivity contribution in [2.24, 2.45) is 17.8 Å². The highest BCUT2D eigenvalue weighted by molar-refractivity contribution is 6.34. The van der Waals surface area contributed by atoms with Gasteiger partial charge in [-0.05, 0) is 63.5 Å². The fourth-order valence-corrected chi connectivity index (χ4v) is 7.36. The summed E-state index contributed by atoms with van der Waals surface area (Å²) in [5.74, 6) is -2.85. The van der Waals surface area contributed by atoms with E-state index in [1.807, 2.05) is 32.9 Å². The van der Waals surface area contributed by atoms with Gasteiger partial charge in [0.05, 0.1) is 28.8 Å². The van der Waals surface area contributed by atoms with E-state index in [1.54, 1.807) is 28.0 Å². The summed E-state index contributed by atoms with van der Waals surface area (Å²) in [4.78, 5) is 45.6. The van der Waals surface area contributed by atoms with Gasteiger partial charge in [-0.15, -0.1) is 13.2 Å². The zero-order valence-corrected chi connectivity index (χ0v) is 24.5. The molecule has 40 heavy (non-hydrogen) atoms. The summed E-state index contributed by atoms with van der Waals surface area (Å²) >= 11 is 6.61. The van der Waals surface area contributed by atoms with Gasteiger partial charge in [-0.3, -0.25) is 14.4 Å². The molecule has 0 aliphatic carbocycles. The van der Waals surface area contributed by atoms with Crippen molar-refractivity contribution in [2.75, 3.05) is 31.2 Å². The minimum Gasteiger partial charge on any atom is -0.465 e. The highest BCUT2D eigenvalue weighted by Gasteiger charge is 2.80. The molecule has 0 saturated carbocycles. The number of aliphatic hydroxyl groups is 1. The predicted molar refractivity (Wildman–Crippen MR) is 154 cm³/mol. The van der Waals surface area contributed by atoms with Crippen LogP contribution in [0.4, 0.5) is 5.69 Å². The molecule has 6 atom stereocenters. The largest absolute Gasteiger partial charge is 0.465 e. The Morgan fingerprint density at radius 1 is 1.27 bits per heavy atom. The highest BCUT2D eigenvalue weighted by atomic mass is 35.5. The molecule has 1 aromatic carbocycles. The van der Waals surface area contributed by atoms with Gasteiger partial charge in [-0.2, -0.15) is 0 Å². The molecule has 1 spiro atoms. The van der Waals surface area contributed by atoms with Gasteiger partial charge >= 0.3 is 5.97 Å². The van der Waals surface area contributed by atoms with Gasteiger partial charge in [0.2, 0.25) is 5.91 Å². The van der Waals surface area contributed by atoms with Crippen LogP contribution in [0.25, 0.3) is 0 Å². The molecule has 218 valence electrons. The zero-order valence-electron chi connectivity index (χ0n) is 23.7. The van der Waals surface area contributed by atoms with E-state index in [4.69, 9.17) is 21.1 Å². The van der Waals surface area contributed by atoms with Crippen LogP contribution in [-0.4, -0.2) is 71.3 Å². The molecule has 8 nitrogen and oxygen atoms in total. The quantitative estimate of drug-likeness (QED) is 0.213. The lowest BCUT2D eigenvalue weighted by Crippen LogP contribution is -2.57. The van der Waals surface area contributed by atoms with Gasteiger partial charge in [0, 0.05) is 19.7 Å². The number of amides is 2. The predicted octanol–water partition coefficient (Wildman–Crippen LogP) is 4.46. The number of allylic oxidation sites excluding steroid dienone is 1. The molecule has 1 aromatic rings. The summed E-state index contributed by atoms with van der Waals surface area (Å²) in [6, 6.07) is 4.46. The second-order valence-electron chi connectivity index (χ2n) is 11.4. The first-order valence-electron chi connectivity index (χ1n) is 14.2. The third-order valence-electron chi connectivity index (χ3n) is 8.94. The number of hydrogen-bond donors (Lipinski definition) is 1. The number of hydrogen-bond acceptors (Lipinski definition) is 6. The highest BCUT2D eigenvalue weighted by Crippen LogP contribution is 2.65. The second-order valence-corrected chi connectivity index (χ2v) is 11.8. The van der Waals surface area contributed by atoms with Gasteiger partial charge < -0.3 is 24.4 Å². The van der Waals surface area contributed by atoms with Crippen molar-refractivity contribution in [3.63, 3.8) is 0 Å². The number of para-hydroxylation sites is 1. The molecule has 3 unspecified atom stereocenters. The average molecular weight is 573 g/mol. The van der Waals surface area contributed by atoms with Crippen LogP contribution in [0.3, 0.4) is 0 Å². The van der Waals surface area contributed by atoms with Crippen molar-refractivity contribution < 1.29 is 29.0 Å². The summed E-state index contributed by atoms with van der Waals surface area (Å²) in [5.41, 5.74) is -0.775. The number of anilines is 1. The lowest BCUT2D eigenvalue weighted by Gasteiger charge is -2.37. The Morgan fingerprint density at radius 2 is 2.02 bits per heavy atom. The number of fused-ring (bicyclic) bond motifs is 1. The van der Waals surface area contributed by atoms with Crippen molar-refractivity contribution in [1.29, 1.82) is 0 Å². The van der Waals surface area contributed by atoms with E-state index < -0.39 is 35.0 Å². The Morgan fingerprint density at radius 3 is 2.67 bits per heavy atom. The Kier molecular flexibility index (Phi) is 9.12. The van der Waals surface area contributed by atoms with Gasteiger partial charge in [0.1, 0.15) is 17.6 Å². The lowest BCUT2D eigenvalue weighted by molar-refractivity contribution is -0.161. The zero-order chi connectivity index (χ0) is 29.2. The number of nitrogens with zero attached hydrogens (tertiary/aromatic N) is 2. The molecular formula is C31H41ClN2O6. The number of ether oxygens (including phenoxy) is 2. The molecule has 3 fully saturated rings. The molecule has 4 rings (SSSR count). The average Bonchev–Trinajstić information content (AvgIpc) is 3.42. The van der Waals surface area contributed by atoms with E-state index in [0.29, 0.717) is 42.8 Å². The van der Waals surface area contributed by atoms with Crippen molar-refractivity contribution in [3.8, 4) is 0 Å². The fourth-order valence-electron chi connectivity index (χ4n) is 7.03. The maximum atomic E-state index is 14.7. The number of likely N-dealkylation sites (tertiary alicyclic amines) is 1. The third-order valence-corrected chi connectivity index (χ3v) is 9.25. The molecule has 2 bridgehead atoms. The summed E-state index contributed by atoms with van der Waals surface area (Å²) in [5, 5.41) is 9.84. The van der Waals surface area contributed by atoms with E-state index in [0.717, 1.165) is 5.56 Å². The molecule has 3 heterocycles. The Labute approximate surface area is 241 Å². The topological polar surface area (TPSA) is 96.4 Å². The standard InChI is InChI=1S/C31H41ClN2O6/c1-6-8-11-18-39-29(38)24-23-27(36)34(16-9-10-17-35)26(31(23)19-21(4)30(24,5)40-31)28(37)33(15-7-2)25-20(3)13-12-14-22(25)32/h6-7,12-14,21,23-24,26,35H,1-2,8-11,15-19H2,3-5H3/t21?,23-,24+,26?,30-,31?/m0/s1. The van der Waals surface area contributed by atoms with E-state index >= 15 is 0 Å². The van der Waals surface area contributed by atoms with E-state index in [1.165, 1.54) is 0 Å². The summed E-state index contributed by atoms with van der Waals surface area (Å²) in [7, 11) is 0. The molecule has 1 N–H and O–H groups in total. The summed E-state index contributed by atoms with van der Waals surface area (Å²) < 4.78 is 12.4. The molecular weight excluding hydrogens is 532 g/mol. The van der Waals surface area contributed by atoms with E-state index in [-0.39, 0.29) is 44.0 Å². The number of carbonyl (C=O) groups excluding carboxylic acids is 3. The molecule has 2 amide bonds. The first-order chi connectivity index (χ1) is 19.1.